The van der Waals surface area contributed by atoms with Crippen LogP contribution in [0.1, 0.15) is 12.8 Å². The van der Waals surface area contributed by atoms with Gasteiger partial charge in [-0.3, -0.25) is 0 Å². The summed E-state index contributed by atoms with van der Waals surface area (Å²) in [4.78, 5) is 9.59. The van der Waals surface area contributed by atoms with Crippen molar-refractivity contribution in [2.24, 2.45) is 0 Å². The van der Waals surface area contributed by atoms with E-state index in [2.05, 4.69) is 0 Å². The quantitative estimate of drug-likeness (QED) is 0.296. The fourth-order valence-electron chi connectivity index (χ4n) is 0.211. The van der Waals surface area contributed by atoms with E-state index < -0.39 is 5.97 Å². The smallest absolute Gasteiger partial charge is 0.550 e. The van der Waals surface area contributed by atoms with E-state index >= 15 is 0 Å². The minimum absolute atomic E-state index is 0. The van der Waals surface area contributed by atoms with Gasteiger partial charge in [-0.1, -0.05) is 0 Å². The Hall–Kier alpha value is 0.357. The summed E-state index contributed by atoms with van der Waals surface area (Å²) < 4.78 is 0. The van der Waals surface area contributed by atoms with Crippen LogP contribution < -0.4 is 24.0 Å². The monoisotopic (exact) mass is 128 g/mol. The normalized spacial score (nSPS) is 7.62. The Morgan fingerprint density at radius 1 is 1.62 bits per heavy atom. The minimum Gasteiger partial charge on any atom is -0.550 e. The molecule has 8 heavy (non-hydrogen) atoms. The summed E-state index contributed by atoms with van der Waals surface area (Å²) in [5, 5.41) is 9.59. The van der Waals surface area contributed by atoms with Crippen LogP contribution in [-0.4, -0.2) is 11.8 Å². The SMILES string of the molecule is O=C([O-])CCCCl.[Li+]. The molecule has 0 radical (unpaired) electrons. The standard InChI is InChI=1S/C4H7ClO2.Li/c5-3-1-2-4(6)7;/h1-3H2,(H,6,7);/q;+1/p-1. The predicted octanol–water partition coefficient (Wildman–Crippen LogP) is -3.24. The molecule has 0 bridgehead atoms. The van der Waals surface area contributed by atoms with Gasteiger partial charge in [0.15, 0.2) is 0 Å². The summed E-state index contributed by atoms with van der Waals surface area (Å²) >= 11 is 5.15. The first kappa shape index (κ1) is 11.2. The van der Waals surface area contributed by atoms with Crippen molar-refractivity contribution in [2.45, 2.75) is 12.8 Å². The van der Waals surface area contributed by atoms with E-state index in [1.165, 1.54) is 0 Å². The van der Waals surface area contributed by atoms with Crippen LogP contribution in [0.5, 0.6) is 0 Å². The van der Waals surface area contributed by atoms with Gasteiger partial charge in [0.25, 0.3) is 0 Å². The molecule has 2 nitrogen and oxygen atoms in total. The molecule has 0 aromatic heterocycles. The van der Waals surface area contributed by atoms with Crippen LogP contribution in [0, 0.1) is 0 Å². The van der Waals surface area contributed by atoms with Gasteiger partial charge >= 0.3 is 18.9 Å². The molecule has 0 atom stereocenters. The van der Waals surface area contributed by atoms with E-state index in [-0.39, 0.29) is 25.3 Å². The maximum atomic E-state index is 9.59. The molecule has 0 saturated heterocycles. The van der Waals surface area contributed by atoms with Crippen LogP contribution in [0.25, 0.3) is 0 Å². The van der Waals surface area contributed by atoms with Crippen LogP contribution >= 0.6 is 11.6 Å². The number of hydrogen-bond acceptors (Lipinski definition) is 2. The fourth-order valence-corrected chi connectivity index (χ4v) is 0.345. The summed E-state index contributed by atoms with van der Waals surface area (Å²) in [6, 6.07) is 0. The first-order chi connectivity index (χ1) is 3.27. The van der Waals surface area contributed by atoms with Gasteiger partial charge in [0.2, 0.25) is 0 Å². The molecule has 0 aromatic carbocycles. The molecule has 0 fully saturated rings. The number of carboxylic acid groups (broad SMARTS) is 1. The summed E-state index contributed by atoms with van der Waals surface area (Å²) in [7, 11) is 0. The maximum Gasteiger partial charge on any atom is 1.00 e. The van der Waals surface area contributed by atoms with Crippen LogP contribution in [0.15, 0.2) is 0 Å². The first-order valence-corrected chi connectivity index (χ1v) is 2.56. The Labute approximate surface area is 65.4 Å². The van der Waals surface area contributed by atoms with Crippen LogP contribution in [0.4, 0.5) is 0 Å². The van der Waals surface area contributed by atoms with Crippen LogP contribution in [0.2, 0.25) is 0 Å². The number of halogens is 1. The predicted molar refractivity (Wildman–Crippen MR) is 25.0 cm³/mol. The molecule has 0 N–H and O–H groups in total. The van der Waals surface area contributed by atoms with Crippen LogP contribution in [0.3, 0.4) is 0 Å². The third kappa shape index (κ3) is 9.61. The van der Waals surface area contributed by atoms with Crippen molar-refractivity contribution in [3.63, 3.8) is 0 Å². The molecule has 0 saturated carbocycles. The van der Waals surface area contributed by atoms with E-state index in [0.717, 1.165) is 0 Å². The molecule has 0 aliphatic rings. The molecule has 4 heteroatoms. The molecule has 0 spiro atoms. The number of carbonyl (C=O) groups excluding carboxylic acids is 1. The van der Waals surface area contributed by atoms with Gasteiger partial charge < -0.3 is 9.90 Å². The van der Waals surface area contributed by atoms with Crippen molar-refractivity contribution in [3.05, 3.63) is 0 Å². The molecule has 0 amide bonds. The number of carbonyl (C=O) groups is 1. The zero-order valence-electron chi connectivity index (χ0n) is 4.82. The zero-order valence-corrected chi connectivity index (χ0v) is 5.57. The third-order valence-electron chi connectivity index (χ3n) is 0.515. The van der Waals surface area contributed by atoms with Gasteiger partial charge in [-0.15, -0.1) is 11.6 Å². The Morgan fingerprint density at radius 3 is 2.25 bits per heavy atom. The van der Waals surface area contributed by atoms with Gasteiger partial charge in [0, 0.05) is 11.8 Å². The van der Waals surface area contributed by atoms with Gasteiger partial charge in [0.05, 0.1) is 0 Å². The molecule has 0 aliphatic heterocycles. The van der Waals surface area contributed by atoms with E-state index in [1.807, 2.05) is 0 Å². The molecule has 0 aromatic rings. The van der Waals surface area contributed by atoms with E-state index in [9.17, 15) is 9.90 Å². The number of alkyl halides is 1. The Bertz CT molecular complexity index is 67.1. The number of hydrogen-bond donors (Lipinski definition) is 0. The fraction of sp³-hybridized carbons (Fsp3) is 0.750. The third-order valence-corrected chi connectivity index (χ3v) is 0.782. The second-order valence-electron chi connectivity index (χ2n) is 1.16. The van der Waals surface area contributed by atoms with Gasteiger partial charge in [0.1, 0.15) is 0 Å². The van der Waals surface area contributed by atoms with Gasteiger partial charge in [-0.25, -0.2) is 0 Å². The topological polar surface area (TPSA) is 40.1 Å². The number of aliphatic carboxylic acids is 1. The Balaban J connectivity index is 0. The Kier molecular flexibility index (Phi) is 10.3. The molecular formula is C4H6ClLiO2. The second kappa shape index (κ2) is 7.36. The van der Waals surface area contributed by atoms with Crippen LogP contribution in [-0.2, 0) is 4.79 Å². The summed E-state index contributed by atoms with van der Waals surface area (Å²) in [6.45, 7) is 0. The average molecular weight is 128 g/mol. The number of carboxylic acids is 1. The van der Waals surface area contributed by atoms with E-state index in [1.54, 1.807) is 0 Å². The average Bonchev–Trinajstić information content (AvgIpc) is 1.61. The molecule has 0 unspecified atom stereocenters. The summed E-state index contributed by atoms with van der Waals surface area (Å²) in [5.74, 6) is -0.630. The van der Waals surface area contributed by atoms with Crippen molar-refractivity contribution in [3.8, 4) is 0 Å². The van der Waals surface area contributed by atoms with Crippen molar-refractivity contribution < 1.29 is 28.8 Å². The molecule has 42 valence electrons. The second-order valence-corrected chi connectivity index (χ2v) is 1.54. The van der Waals surface area contributed by atoms with Crippen molar-refractivity contribution in [1.29, 1.82) is 0 Å². The van der Waals surface area contributed by atoms with Crippen molar-refractivity contribution in [2.75, 3.05) is 5.88 Å². The maximum absolute atomic E-state index is 9.59. The first-order valence-electron chi connectivity index (χ1n) is 2.03. The van der Waals surface area contributed by atoms with Crippen molar-refractivity contribution in [1.82, 2.24) is 0 Å². The molecule has 0 aliphatic carbocycles. The van der Waals surface area contributed by atoms with E-state index in [4.69, 9.17) is 11.6 Å². The summed E-state index contributed by atoms with van der Waals surface area (Å²) in [6.07, 6.45) is 0.577. The van der Waals surface area contributed by atoms with Gasteiger partial charge in [-0.05, 0) is 12.8 Å². The van der Waals surface area contributed by atoms with Crippen molar-refractivity contribution >= 4 is 17.6 Å². The number of rotatable bonds is 3. The zero-order chi connectivity index (χ0) is 5.70. The Morgan fingerprint density at radius 2 is 2.12 bits per heavy atom. The largest absolute Gasteiger partial charge is 1.00 e. The minimum atomic E-state index is -1.03. The molecule has 0 heterocycles. The molecule has 0 rings (SSSR count). The van der Waals surface area contributed by atoms with E-state index in [0.29, 0.717) is 12.3 Å². The summed E-state index contributed by atoms with van der Waals surface area (Å²) in [5.41, 5.74) is 0. The van der Waals surface area contributed by atoms with Gasteiger partial charge in [-0.2, -0.15) is 0 Å². The molecular weight excluding hydrogens is 122 g/mol.